The molecule has 0 aliphatic carbocycles. The maximum absolute atomic E-state index is 13.8. The Hall–Kier alpha value is -6.16. The molecular formula is C46H50N4O6. The molecule has 6 rings (SSSR count). The number of carbonyl (C=O) groups is 2. The van der Waals surface area contributed by atoms with Crippen LogP contribution in [-0.4, -0.2) is 73.6 Å². The SMILES string of the molecule is C=C/C(=C\C=C(C)C)C1=CN2C(=O)c3cc(OC)c(OCCCOc4cc5c(cc4OC)C(=O)N4C=C(C(/C=C\C(=C)CC)=C/C)C[C@H]4C=N5)cc3N=C[C@@H]2C1. The summed E-state index contributed by atoms with van der Waals surface area (Å²) in [5, 5.41) is 0. The molecule has 56 heavy (non-hydrogen) atoms. The minimum atomic E-state index is -0.209. The van der Waals surface area contributed by atoms with Crippen LogP contribution in [0.5, 0.6) is 23.0 Å². The van der Waals surface area contributed by atoms with Gasteiger partial charge in [0.25, 0.3) is 11.8 Å². The highest BCUT2D eigenvalue weighted by molar-refractivity contribution is 6.05. The Bertz CT molecular complexity index is 2180. The lowest BCUT2D eigenvalue weighted by Crippen LogP contribution is -2.32. The van der Waals surface area contributed by atoms with Crippen molar-refractivity contribution >= 4 is 35.6 Å². The summed E-state index contributed by atoms with van der Waals surface area (Å²) >= 11 is 0. The van der Waals surface area contributed by atoms with Crippen LogP contribution < -0.4 is 18.9 Å². The first-order chi connectivity index (χ1) is 27.1. The van der Waals surface area contributed by atoms with Gasteiger partial charge in [-0.3, -0.25) is 19.6 Å². The van der Waals surface area contributed by atoms with Crippen LogP contribution in [0.4, 0.5) is 11.4 Å². The van der Waals surface area contributed by atoms with E-state index >= 15 is 0 Å². The Kier molecular flexibility index (Phi) is 12.4. The average molecular weight is 755 g/mol. The zero-order valence-corrected chi connectivity index (χ0v) is 33.1. The first-order valence-corrected chi connectivity index (χ1v) is 18.9. The normalized spacial score (nSPS) is 18.7. The van der Waals surface area contributed by atoms with E-state index in [0.717, 1.165) is 34.3 Å². The number of benzene rings is 2. The molecule has 0 bridgehead atoms. The molecule has 0 fully saturated rings. The van der Waals surface area contributed by atoms with Crippen LogP contribution in [0.3, 0.4) is 0 Å². The summed E-state index contributed by atoms with van der Waals surface area (Å²) < 4.78 is 23.6. The molecule has 0 unspecified atom stereocenters. The van der Waals surface area contributed by atoms with Gasteiger partial charge in [-0.2, -0.15) is 0 Å². The van der Waals surface area contributed by atoms with Crippen molar-refractivity contribution < 1.29 is 28.5 Å². The van der Waals surface area contributed by atoms with Crippen LogP contribution in [-0.2, 0) is 0 Å². The van der Waals surface area contributed by atoms with Crippen molar-refractivity contribution in [3.05, 3.63) is 131 Å². The third kappa shape index (κ3) is 8.39. The fourth-order valence-corrected chi connectivity index (χ4v) is 6.84. The minimum absolute atomic E-state index is 0.149. The molecule has 0 radical (unpaired) electrons. The van der Waals surface area contributed by atoms with Crippen molar-refractivity contribution in [1.29, 1.82) is 0 Å². The summed E-state index contributed by atoms with van der Waals surface area (Å²) in [6, 6.07) is 6.47. The number of rotatable bonds is 15. The van der Waals surface area contributed by atoms with Crippen LogP contribution in [0.2, 0.25) is 0 Å². The second-order valence-electron chi connectivity index (χ2n) is 14.1. The largest absolute Gasteiger partial charge is 0.493 e. The molecule has 4 aliphatic heterocycles. The van der Waals surface area contributed by atoms with Gasteiger partial charge in [-0.1, -0.05) is 67.7 Å². The van der Waals surface area contributed by atoms with Gasteiger partial charge in [0.1, 0.15) is 0 Å². The molecule has 0 saturated carbocycles. The number of amides is 2. The number of aliphatic imine (C=N–C) groups is 2. The molecule has 0 N–H and O–H groups in total. The summed E-state index contributed by atoms with van der Waals surface area (Å²) in [5.74, 6) is 1.52. The van der Waals surface area contributed by atoms with Gasteiger partial charge in [0.05, 0.1) is 62.0 Å². The number of methoxy groups -OCH3 is 2. The first kappa shape index (κ1) is 39.5. The van der Waals surface area contributed by atoms with Gasteiger partial charge in [-0.25, -0.2) is 0 Å². The molecule has 2 amide bonds. The summed E-state index contributed by atoms with van der Waals surface area (Å²) in [6.07, 6.45) is 22.1. The van der Waals surface area contributed by atoms with Crippen molar-refractivity contribution in [3.63, 3.8) is 0 Å². The molecule has 2 aromatic rings. The Morgan fingerprint density at radius 2 is 1.30 bits per heavy atom. The third-order valence-electron chi connectivity index (χ3n) is 10.1. The topological polar surface area (TPSA) is 102 Å². The lowest BCUT2D eigenvalue weighted by atomic mass is 10.0. The van der Waals surface area contributed by atoms with Crippen LogP contribution in [0.1, 0.15) is 74.1 Å². The zero-order valence-electron chi connectivity index (χ0n) is 33.1. The smallest absolute Gasteiger partial charge is 0.260 e. The van der Waals surface area contributed by atoms with Crippen LogP contribution in [0.15, 0.2) is 130 Å². The highest BCUT2D eigenvalue weighted by atomic mass is 16.5. The average Bonchev–Trinajstić information content (AvgIpc) is 3.77. The number of nitrogens with zero attached hydrogens (tertiary/aromatic N) is 4. The van der Waals surface area contributed by atoms with Crippen LogP contribution in [0, 0.1) is 0 Å². The molecule has 0 saturated heterocycles. The minimum Gasteiger partial charge on any atom is -0.493 e. The molecule has 2 atom stereocenters. The maximum Gasteiger partial charge on any atom is 0.260 e. The highest BCUT2D eigenvalue weighted by Gasteiger charge is 2.35. The number of hydrogen-bond acceptors (Lipinski definition) is 8. The Morgan fingerprint density at radius 1 is 0.786 bits per heavy atom. The molecule has 4 aliphatic rings. The number of ether oxygens (including phenoxy) is 4. The van der Waals surface area contributed by atoms with Gasteiger partial charge < -0.3 is 28.7 Å². The molecular weight excluding hydrogens is 705 g/mol. The van der Waals surface area contributed by atoms with Crippen molar-refractivity contribution in [2.75, 3.05) is 27.4 Å². The van der Waals surface area contributed by atoms with E-state index in [1.807, 2.05) is 76.0 Å². The van der Waals surface area contributed by atoms with Gasteiger partial charge in [0, 0.05) is 56.2 Å². The molecule has 290 valence electrons. The summed E-state index contributed by atoms with van der Waals surface area (Å²) in [5.41, 5.74) is 8.26. The summed E-state index contributed by atoms with van der Waals surface area (Å²) in [7, 11) is 3.09. The first-order valence-electron chi connectivity index (χ1n) is 18.9. The predicted octanol–water partition coefficient (Wildman–Crippen LogP) is 9.73. The fraction of sp³-hybridized carbons (Fsp3) is 0.304. The van der Waals surface area contributed by atoms with Gasteiger partial charge in [-0.15, -0.1) is 0 Å². The maximum atomic E-state index is 13.8. The number of fused-ring (bicyclic) bond motifs is 4. The zero-order chi connectivity index (χ0) is 39.9. The van der Waals surface area contributed by atoms with E-state index in [4.69, 9.17) is 28.9 Å². The Balaban J connectivity index is 1.10. The standard InChI is InChI=1S/C46H50N4O6/c1-9-30(6)14-16-32(11-3)34-20-36-26-48-40-24-44(42(54-8)22-38(40)46(52)50(36)28-34)56-18-12-17-55-43-23-39-37(21-41(43)53-7)45(51)49-27-33(19-35(49)25-47-39)31(10-2)15-13-29(4)5/h10-11,13-16,21-28,35-36H,2,6,9,12,17-20H2,1,3-5,7-8H3/b16-14-,31-15+,32-11+/t35-,36-/m0/s1. The van der Waals surface area contributed by atoms with E-state index in [9.17, 15) is 9.59 Å². The number of allylic oxidation sites excluding steroid dienone is 10. The summed E-state index contributed by atoms with van der Waals surface area (Å²) in [4.78, 5) is 40.5. The predicted molar refractivity (Wildman–Crippen MR) is 223 cm³/mol. The van der Waals surface area contributed by atoms with E-state index in [2.05, 4.69) is 26.2 Å². The molecule has 0 spiro atoms. The van der Waals surface area contributed by atoms with Gasteiger partial charge in [-0.05, 0) is 61.6 Å². The van der Waals surface area contributed by atoms with Gasteiger partial charge in [0.15, 0.2) is 23.0 Å². The Morgan fingerprint density at radius 3 is 1.75 bits per heavy atom. The molecule has 10 nitrogen and oxygen atoms in total. The van der Waals surface area contributed by atoms with E-state index in [1.54, 1.807) is 48.3 Å². The lowest BCUT2D eigenvalue weighted by molar-refractivity contribution is 0.0809. The van der Waals surface area contributed by atoms with Crippen LogP contribution >= 0.6 is 0 Å². The third-order valence-corrected chi connectivity index (χ3v) is 10.1. The van der Waals surface area contributed by atoms with Crippen molar-refractivity contribution in [3.8, 4) is 23.0 Å². The van der Waals surface area contributed by atoms with Crippen molar-refractivity contribution in [2.24, 2.45) is 9.98 Å². The van der Waals surface area contributed by atoms with Gasteiger partial charge in [0.2, 0.25) is 0 Å². The Labute approximate surface area is 329 Å². The van der Waals surface area contributed by atoms with E-state index in [0.29, 0.717) is 78.0 Å². The van der Waals surface area contributed by atoms with Gasteiger partial charge >= 0.3 is 0 Å². The molecule has 10 heteroatoms. The van der Waals surface area contributed by atoms with Crippen molar-refractivity contribution in [1.82, 2.24) is 9.80 Å². The second kappa shape index (κ2) is 17.5. The lowest BCUT2D eigenvalue weighted by Gasteiger charge is -2.19. The monoisotopic (exact) mass is 754 g/mol. The summed E-state index contributed by atoms with van der Waals surface area (Å²) in [6.45, 7) is 16.8. The van der Waals surface area contributed by atoms with Crippen LogP contribution in [0.25, 0.3) is 0 Å². The van der Waals surface area contributed by atoms with E-state index in [1.165, 1.54) is 5.57 Å². The molecule has 2 aromatic carbocycles. The highest BCUT2D eigenvalue weighted by Crippen LogP contribution is 2.41. The second-order valence-corrected chi connectivity index (χ2v) is 14.1. The quantitative estimate of drug-likeness (QED) is 0.133. The molecule has 4 heterocycles. The van der Waals surface area contributed by atoms with E-state index < -0.39 is 0 Å². The fourth-order valence-electron chi connectivity index (χ4n) is 6.84. The molecule has 0 aromatic heterocycles. The van der Waals surface area contributed by atoms with Crippen molar-refractivity contribution in [2.45, 2.75) is 65.5 Å². The number of carbonyl (C=O) groups excluding carboxylic acids is 2. The number of hydrogen-bond donors (Lipinski definition) is 0. The van der Waals surface area contributed by atoms with E-state index in [-0.39, 0.29) is 23.9 Å².